The van der Waals surface area contributed by atoms with Crippen LogP contribution < -0.4 is 0 Å². The van der Waals surface area contributed by atoms with Crippen molar-refractivity contribution in [3.8, 4) is 146 Å². The van der Waals surface area contributed by atoms with Gasteiger partial charge in [0.25, 0.3) is 0 Å². The van der Waals surface area contributed by atoms with Crippen LogP contribution in [0.4, 0.5) is 0 Å². The van der Waals surface area contributed by atoms with Gasteiger partial charge in [0.1, 0.15) is 0 Å². The van der Waals surface area contributed by atoms with Crippen LogP contribution in [0.5, 0.6) is 0 Å². The Morgan fingerprint density at radius 1 is 0.147 bits per heavy atom. The number of hydrogen-bond acceptors (Lipinski definition) is 8. The van der Waals surface area contributed by atoms with Gasteiger partial charge in [-0.1, -0.05) is 328 Å². The third-order valence-corrected chi connectivity index (χ3v) is 22.0. The molecule has 0 bridgehead atoms. The van der Waals surface area contributed by atoms with Gasteiger partial charge in [0.05, 0.1) is 0 Å². The second-order valence-electron chi connectivity index (χ2n) is 25.5. The van der Waals surface area contributed by atoms with Gasteiger partial charge >= 0.3 is 0 Å². The highest BCUT2D eigenvalue weighted by Crippen LogP contribution is 2.48. The smallest absolute Gasteiger partial charge is 0.165 e. The molecule has 0 unspecified atom stereocenters. The lowest BCUT2D eigenvalue weighted by molar-refractivity contribution is 1.08. The summed E-state index contributed by atoms with van der Waals surface area (Å²) in [5.41, 5.74) is 21.4. The molecule has 0 amide bonds. The molecular formula is C94H58N6S2. The van der Waals surface area contributed by atoms with Gasteiger partial charge in [-0.15, -0.1) is 22.7 Å². The molecule has 19 aromatic rings. The highest BCUT2D eigenvalue weighted by atomic mass is 32.1. The summed E-state index contributed by atoms with van der Waals surface area (Å²) in [5.74, 6) is 3.72. The molecule has 4 heterocycles. The van der Waals surface area contributed by atoms with E-state index < -0.39 is 0 Å². The van der Waals surface area contributed by atoms with Gasteiger partial charge in [0.2, 0.25) is 0 Å². The van der Waals surface area contributed by atoms with Gasteiger partial charge in [-0.2, -0.15) is 0 Å². The molecule has 19 rings (SSSR count). The first kappa shape index (κ1) is 60.2. The quantitative estimate of drug-likeness (QED) is 0.114. The largest absolute Gasteiger partial charge is 0.208 e. The number of benzene rings is 15. The van der Waals surface area contributed by atoms with Crippen LogP contribution in [-0.2, 0) is 0 Å². The van der Waals surface area contributed by atoms with Crippen molar-refractivity contribution in [2.45, 2.75) is 0 Å². The van der Waals surface area contributed by atoms with Crippen LogP contribution in [0.15, 0.2) is 352 Å². The number of thiophene rings is 2. The van der Waals surface area contributed by atoms with Gasteiger partial charge in [-0.25, -0.2) is 29.9 Å². The number of fused-ring (bicyclic) bond motifs is 7. The predicted molar refractivity (Wildman–Crippen MR) is 427 cm³/mol. The van der Waals surface area contributed by atoms with Crippen molar-refractivity contribution in [1.82, 2.24) is 29.9 Å². The molecule has 0 aliphatic carbocycles. The van der Waals surface area contributed by atoms with E-state index in [-0.39, 0.29) is 0 Å². The maximum absolute atomic E-state index is 5.48. The molecule has 0 aliphatic rings. The van der Waals surface area contributed by atoms with Crippen LogP contribution in [0, 0.1) is 0 Å². The molecule has 0 N–H and O–H groups in total. The van der Waals surface area contributed by atoms with Crippen LogP contribution in [0.3, 0.4) is 0 Å². The molecule has 0 saturated heterocycles. The van der Waals surface area contributed by atoms with E-state index in [1.54, 1.807) is 22.7 Å². The van der Waals surface area contributed by atoms with Gasteiger partial charge in [-0.3, -0.25) is 0 Å². The normalized spacial score (nSPS) is 11.5. The maximum Gasteiger partial charge on any atom is 0.165 e. The number of rotatable bonds is 13. The zero-order valence-corrected chi connectivity index (χ0v) is 56.6. The third kappa shape index (κ3) is 10.7. The number of nitrogens with zero attached hydrogens (tertiary/aromatic N) is 6. The van der Waals surface area contributed by atoms with Crippen molar-refractivity contribution in [3.63, 3.8) is 0 Å². The standard InChI is InChI=1S/C94H58N6S2/c1-4-27-59(28-5-1)64-33-10-11-34-67(64)69-36-14-15-38-71(69)74-41-18-20-44-79(74)92-96-90(63-31-8-3-9-32-63)98-94(100-92)83-50-25-48-81-86-66(46-26-52-85(86)102-88(81)83)61-55-53-60(54-56-61)65-57-58-76(70-37-13-12-35-68(65)70)73-40-17-16-39-72(73)75-42-19-21-45-80(75)91-95-89(62-29-6-2-7-30-62)97-93(99-91)82-49-24-47-78-77-43-22-23-51-84(77)101-87(78)82/h1-58H. The van der Waals surface area contributed by atoms with Crippen molar-refractivity contribution in [2.75, 3.05) is 0 Å². The Labute approximate surface area is 597 Å². The van der Waals surface area contributed by atoms with Crippen molar-refractivity contribution in [1.29, 1.82) is 0 Å². The van der Waals surface area contributed by atoms with Crippen molar-refractivity contribution in [2.24, 2.45) is 0 Å². The average molecular weight is 1340 g/mol. The lowest BCUT2D eigenvalue weighted by Crippen LogP contribution is -2.01. The number of hydrogen-bond donors (Lipinski definition) is 0. The fourth-order valence-corrected chi connectivity index (χ4v) is 17.2. The number of aromatic nitrogens is 6. The van der Waals surface area contributed by atoms with Gasteiger partial charge in [0.15, 0.2) is 34.9 Å². The van der Waals surface area contributed by atoms with E-state index in [4.69, 9.17) is 29.9 Å². The zero-order chi connectivity index (χ0) is 67.5. The zero-order valence-electron chi connectivity index (χ0n) is 55.0. The Hall–Kier alpha value is -13.0. The van der Waals surface area contributed by atoms with Crippen LogP contribution in [0.25, 0.3) is 197 Å². The molecule has 0 aliphatic heterocycles. The SMILES string of the molecule is c1ccc(-c2nc(-c3ccccc3-c3ccccc3-c3ccc(-c4ccc(-c5cccc6sc7c(-c8nc(-c9ccccc9)nc(-c9ccccc9-c9ccccc9-c9ccccc9-c9ccccc9)n8)cccc7c56)cc4)c4ccccc34)nc(-c3cccc4c3sc3ccccc34)n2)cc1. The Morgan fingerprint density at radius 2 is 0.441 bits per heavy atom. The van der Waals surface area contributed by atoms with Crippen LogP contribution in [0.2, 0.25) is 0 Å². The lowest BCUT2D eigenvalue weighted by atomic mass is 9.87. The summed E-state index contributed by atoms with van der Waals surface area (Å²) in [7, 11) is 0. The van der Waals surface area contributed by atoms with E-state index in [1.807, 2.05) is 36.4 Å². The minimum Gasteiger partial charge on any atom is -0.208 e. The monoisotopic (exact) mass is 1330 g/mol. The lowest BCUT2D eigenvalue weighted by Gasteiger charge is -2.17. The minimum atomic E-state index is 0.606. The molecule has 8 heteroatoms. The second-order valence-corrected chi connectivity index (χ2v) is 27.6. The summed E-state index contributed by atoms with van der Waals surface area (Å²) in [4.78, 5) is 32.1. The average Bonchev–Trinajstić information content (AvgIpc) is 1.42. The Balaban J connectivity index is 0.676. The first-order chi connectivity index (χ1) is 50.6. The molecule has 476 valence electrons. The molecule has 4 aromatic heterocycles. The fraction of sp³-hybridized carbons (Fsp3) is 0. The van der Waals surface area contributed by atoms with Crippen LogP contribution in [0.1, 0.15) is 0 Å². The van der Waals surface area contributed by atoms with Crippen LogP contribution in [-0.4, -0.2) is 29.9 Å². The van der Waals surface area contributed by atoms with Gasteiger partial charge in [-0.05, 0) is 113 Å². The minimum absolute atomic E-state index is 0.606. The Morgan fingerprint density at radius 3 is 0.971 bits per heavy atom. The topological polar surface area (TPSA) is 77.3 Å². The summed E-state index contributed by atoms with van der Waals surface area (Å²) >= 11 is 3.57. The van der Waals surface area contributed by atoms with E-state index in [9.17, 15) is 0 Å². The summed E-state index contributed by atoms with van der Waals surface area (Å²) in [6.07, 6.45) is 0. The molecule has 6 nitrogen and oxygen atoms in total. The van der Waals surface area contributed by atoms with Crippen LogP contribution >= 0.6 is 22.7 Å². The second kappa shape index (κ2) is 25.7. The van der Waals surface area contributed by atoms with E-state index in [1.165, 1.54) is 47.6 Å². The van der Waals surface area contributed by atoms with E-state index >= 15 is 0 Å². The van der Waals surface area contributed by atoms with Crippen molar-refractivity contribution >= 4 is 73.8 Å². The van der Waals surface area contributed by atoms with Gasteiger partial charge in [0, 0.05) is 73.7 Å². The van der Waals surface area contributed by atoms with Crippen molar-refractivity contribution < 1.29 is 0 Å². The van der Waals surface area contributed by atoms with E-state index in [0.29, 0.717) is 34.9 Å². The molecule has 0 spiro atoms. The first-order valence-electron chi connectivity index (χ1n) is 34.2. The van der Waals surface area contributed by atoms with E-state index in [0.717, 1.165) is 115 Å². The molecule has 0 fully saturated rings. The molecular weight excluding hydrogens is 1280 g/mol. The summed E-state index contributed by atoms with van der Waals surface area (Å²) in [5, 5.41) is 7.12. The highest BCUT2D eigenvalue weighted by Gasteiger charge is 2.25. The predicted octanol–water partition coefficient (Wildman–Crippen LogP) is 25.6. The van der Waals surface area contributed by atoms with Gasteiger partial charge < -0.3 is 0 Å². The highest BCUT2D eigenvalue weighted by molar-refractivity contribution is 7.26. The Bertz CT molecular complexity index is 6440. The van der Waals surface area contributed by atoms with Crippen molar-refractivity contribution in [3.05, 3.63) is 352 Å². The molecule has 102 heavy (non-hydrogen) atoms. The fourth-order valence-electron chi connectivity index (χ4n) is 14.8. The Kier molecular flexibility index (Phi) is 15.2. The molecule has 0 atom stereocenters. The maximum atomic E-state index is 5.48. The molecule has 15 aromatic carbocycles. The summed E-state index contributed by atoms with van der Waals surface area (Å²) < 4.78 is 4.70. The molecule has 0 radical (unpaired) electrons. The van der Waals surface area contributed by atoms with E-state index in [2.05, 4.69) is 315 Å². The summed E-state index contributed by atoms with van der Waals surface area (Å²) in [6.45, 7) is 0. The summed E-state index contributed by atoms with van der Waals surface area (Å²) in [6, 6.07) is 125. The molecule has 0 saturated carbocycles. The first-order valence-corrected chi connectivity index (χ1v) is 35.9. The third-order valence-electron chi connectivity index (χ3n) is 19.5.